The normalized spacial score (nSPS) is 25.7. The highest BCUT2D eigenvalue weighted by atomic mass is 19.1. The molecule has 2 rings (SSSR count). The van der Waals surface area contributed by atoms with Gasteiger partial charge in [-0.25, -0.2) is 14.4 Å². The number of rotatable bonds is 2. The maximum absolute atomic E-state index is 12.8. The first-order valence-electron chi connectivity index (χ1n) is 4.16. The van der Waals surface area contributed by atoms with Gasteiger partial charge in [-0.1, -0.05) is 0 Å². The number of hydrogen-bond acceptors (Lipinski definition) is 3. The molecule has 2 atom stereocenters. The van der Waals surface area contributed by atoms with E-state index in [1.54, 1.807) is 6.92 Å². The smallest absolute Gasteiger partial charge is 0.162 e. The lowest BCUT2D eigenvalue weighted by Crippen LogP contribution is -1.98. The van der Waals surface area contributed by atoms with Crippen LogP contribution in [0.3, 0.4) is 0 Å². The quantitative estimate of drug-likeness (QED) is 0.643. The molecular weight excluding hydrogens is 171 g/mol. The summed E-state index contributed by atoms with van der Waals surface area (Å²) in [5.74, 6) is 0.365. The average molecular weight is 180 g/mol. The maximum atomic E-state index is 12.8. The van der Waals surface area contributed by atoms with E-state index in [0.717, 1.165) is 18.9 Å². The van der Waals surface area contributed by atoms with Crippen molar-refractivity contribution in [1.82, 2.24) is 9.97 Å². The molecule has 68 valence electrons. The Bertz CT molecular complexity index is 353. The Hall–Kier alpha value is -1.32. The van der Waals surface area contributed by atoms with E-state index in [9.17, 15) is 9.18 Å². The van der Waals surface area contributed by atoms with Crippen LogP contribution < -0.4 is 0 Å². The van der Waals surface area contributed by atoms with E-state index < -0.39 is 5.82 Å². The van der Waals surface area contributed by atoms with Crippen LogP contribution in [0.25, 0.3) is 0 Å². The molecule has 0 spiro atoms. The van der Waals surface area contributed by atoms with Gasteiger partial charge in [0.2, 0.25) is 0 Å². The predicted molar refractivity (Wildman–Crippen MR) is 43.6 cm³/mol. The van der Waals surface area contributed by atoms with Crippen molar-refractivity contribution in [1.29, 1.82) is 0 Å². The molecule has 4 heteroatoms. The standard InChI is InChI=1S/C9H9FN2O/c1-5-8(10)3-11-9(12-5)7-2-6(7)4-13/h3-4,6-7H,2H2,1H3/t6?,7-/m0/s1. The summed E-state index contributed by atoms with van der Waals surface area (Å²) in [4.78, 5) is 18.2. The van der Waals surface area contributed by atoms with Gasteiger partial charge in [-0.3, -0.25) is 0 Å². The number of aldehydes is 1. The van der Waals surface area contributed by atoms with Crippen molar-refractivity contribution in [3.05, 3.63) is 23.5 Å². The highest BCUT2D eigenvalue weighted by Crippen LogP contribution is 2.44. The summed E-state index contributed by atoms with van der Waals surface area (Å²) in [6.45, 7) is 1.60. The molecule has 1 heterocycles. The molecule has 1 fully saturated rings. The van der Waals surface area contributed by atoms with Gasteiger partial charge in [0.25, 0.3) is 0 Å². The van der Waals surface area contributed by atoms with Crippen LogP contribution >= 0.6 is 0 Å². The van der Waals surface area contributed by atoms with E-state index in [4.69, 9.17) is 0 Å². The van der Waals surface area contributed by atoms with Crippen molar-refractivity contribution >= 4 is 6.29 Å². The molecule has 0 aromatic carbocycles. The SMILES string of the molecule is Cc1nc([C@H]2CC2C=O)ncc1F. The van der Waals surface area contributed by atoms with Crippen molar-refractivity contribution in [2.45, 2.75) is 19.3 Å². The molecule has 0 aliphatic heterocycles. The Morgan fingerprint density at radius 3 is 3.00 bits per heavy atom. The van der Waals surface area contributed by atoms with Gasteiger partial charge in [0, 0.05) is 11.8 Å². The molecule has 0 radical (unpaired) electrons. The topological polar surface area (TPSA) is 42.9 Å². The number of carbonyl (C=O) groups is 1. The summed E-state index contributed by atoms with van der Waals surface area (Å²) in [5, 5.41) is 0. The highest BCUT2D eigenvalue weighted by Gasteiger charge is 2.40. The number of nitrogens with zero attached hydrogens (tertiary/aromatic N) is 2. The minimum absolute atomic E-state index is 0.0462. The van der Waals surface area contributed by atoms with Crippen molar-refractivity contribution in [3.8, 4) is 0 Å². The Kier molecular flexibility index (Phi) is 1.83. The van der Waals surface area contributed by atoms with Crippen LogP contribution in [-0.4, -0.2) is 16.3 Å². The summed E-state index contributed by atoms with van der Waals surface area (Å²) in [5.41, 5.74) is 0.349. The number of halogens is 1. The zero-order chi connectivity index (χ0) is 9.42. The molecule has 1 aromatic heterocycles. The highest BCUT2D eigenvalue weighted by molar-refractivity contribution is 5.60. The van der Waals surface area contributed by atoms with Crippen LogP contribution in [0.5, 0.6) is 0 Å². The fraction of sp³-hybridized carbons (Fsp3) is 0.444. The maximum Gasteiger partial charge on any atom is 0.162 e. The van der Waals surface area contributed by atoms with E-state index >= 15 is 0 Å². The minimum Gasteiger partial charge on any atom is -0.303 e. The van der Waals surface area contributed by atoms with E-state index in [2.05, 4.69) is 9.97 Å². The second-order valence-corrected chi connectivity index (χ2v) is 3.30. The summed E-state index contributed by atoms with van der Waals surface area (Å²) in [6, 6.07) is 0. The van der Waals surface area contributed by atoms with Gasteiger partial charge in [0.15, 0.2) is 5.82 Å². The number of aromatic nitrogens is 2. The zero-order valence-electron chi connectivity index (χ0n) is 7.20. The molecule has 0 bridgehead atoms. The molecule has 1 unspecified atom stereocenters. The van der Waals surface area contributed by atoms with Crippen LogP contribution in [0.15, 0.2) is 6.20 Å². The van der Waals surface area contributed by atoms with Crippen LogP contribution in [0.2, 0.25) is 0 Å². The predicted octanol–water partition coefficient (Wildman–Crippen LogP) is 1.23. The number of hydrogen-bond donors (Lipinski definition) is 0. The fourth-order valence-corrected chi connectivity index (χ4v) is 1.31. The second-order valence-electron chi connectivity index (χ2n) is 3.30. The van der Waals surface area contributed by atoms with E-state index in [-0.39, 0.29) is 11.8 Å². The van der Waals surface area contributed by atoms with Crippen molar-refractivity contribution in [2.24, 2.45) is 5.92 Å². The van der Waals surface area contributed by atoms with E-state index in [1.165, 1.54) is 0 Å². The molecule has 1 aromatic rings. The Labute approximate surface area is 75.0 Å². The van der Waals surface area contributed by atoms with Crippen LogP contribution in [0.4, 0.5) is 4.39 Å². The van der Waals surface area contributed by atoms with E-state index in [1.807, 2.05) is 0 Å². The number of carbonyl (C=O) groups excluding carboxylic acids is 1. The molecule has 1 saturated carbocycles. The monoisotopic (exact) mass is 180 g/mol. The first-order valence-corrected chi connectivity index (χ1v) is 4.16. The molecule has 13 heavy (non-hydrogen) atoms. The van der Waals surface area contributed by atoms with Gasteiger partial charge < -0.3 is 4.79 Å². The fourth-order valence-electron chi connectivity index (χ4n) is 1.31. The Morgan fingerprint density at radius 2 is 2.46 bits per heavy atom. The first-order chi connectivity index (χ1) is 6.22. The third kappa shape index (κ3) is 1.43. The summed E-state index contributed by atoms with van der Waals surface area (Å²) in [6.07, 6.45) is 2.87. The van der Waals surface area contributed by atoms with Gasteiger partial charge in [-0.2, -0.15) is 0 Å². The van der Waals surface area contributed by atoms with Gasteiger partial charge in [-0.15, -0.1) is 0 Å². The van der Waals surface area contributed by atoms with Gasteiger partial charge in [0.05, 0.1) is 11.9 Å². The molecule has 0 N–H and O–H groups in total. The third-order valence-electron chi connectivity index (χ3n) is 2.28. The molecular formula is C9H9FN2O. The lowest BCUT2D eigenvalue weighted by atomic mass is 10.3. The number of aryl methyl sites for hydroxylation is 1. The molecule has 0 saturated heterocycles. The van der Waals surface area contributed by atoms with Crippen LogP contribution in [0, 0.1) is 18.7 Å². The summed E-state index contributed by atoms with van der Waals surface area (Å²) in [7, 11) is 0. The molecule has 1 aliphatic rings. The lowest BCUT2D eigenvalue weighted by Gasteiger charge is -1.98. The van der Waals surface area contributed by atoms with Gasteiger partial charge in [0.1, 0.15) is 12.1 Å². The molecule has 1 aliphatic carbocycles. The molecule has 0 amide bonds. The van der Waals surface area contributed by atoms with Crippen molar-refractivity contribution < 1.29 is 9.18 Å². The third-order valence-corrected chi connectivity index (χ3v) is 2.28. The first kappa shape index (κ1) is 8.29. The van der Waals surface area contributed by atoms with Crippen molar-refractivity contribution in [2.75, 3.05) is 0 Å². The largest absolute Gasteiger partial charge is 0.303 e. The minimum atomic E-state index is -0.396. The van der Waals surface area contributed by atoms with E-state index in [0.29, 0.717) is 11.5 Å². The van der Waals surface area contributed by atoms with Gasteiger partial charge in [-0.05, 0) is 13.3 Å². The molecule has 3 nitrogen and oxygen atoms in total. The van der Waals surface area contributed by atoms with Crippen LogP contribution in [0.1, 0.15) is 23.9 Å². The van der Waals surface area contributed by atoms with Crippen molar-refractivity contribution in [3.63, 3.8) is 0 Å². The summed E-state index contributed by atoms with van der Waals surface area (Å²) >= 11 is 0. The lowest BCUT2D eigenvalue weighted by molar-refractivity contribution is -0.108. The van der Waals surface area contributed by atoms with Gasteiger partial charge >= 0.3 is 0 Å². The summed E-state index contributed by atoms with van der Waals surface area (Å²) < 4.78 is 12.8. The average Bonchev–Trinajstić information content (AvgIpc) is 2.88. The Morgan fingerprint density at radius 1 is 1.69 bits per heavy atom. The zero-order valence-corrected chi connectivity index (χ0v) is 7.20. The van der Waals surface area contributed by atoms with Crippen LogP contribution in [-0.2, 0) is 4.79 Å². The second kappa shape index (κ2) is 2.87. The Balaban J connectivity index is 2.23.